The Morgan fingerprint density at radius 1 is 0.976 bits per heavy atom. The van der Waals surface area contributed by atoms with Crippen LogP contribution in [0.1, 0.15) is 50.6 Å². The molecule has 0 amide bonds. The third kappa shape index (κ3) is 7.56. The van der Waals surface area contributed by atoms with E-state index in [1.165, 1.54) is 74.3 Å². The summed E-state index contributed by atoms with van der Waals surface area (Å²) < 4.78 is 0. The van der Waals surface area contributed by atoms with Crippen molar-refractivity contribution in [3.63, 3.8) is 0 Å². The fraction of sp³-hybridized carbons (Fsp3) is 0.559. The monoisotopic (exact) mass is 555 g/mol. The van der Waals surface area contributed by atoms with Gasteiger partial charge in [0.1, 0.15) is 6.33 Å². The van der Waals surface area contributed by atoms with Crippen molar-refractivity contribution >= 4 is 17.1 Å². The lowest BCUT2D eigenvalue weighted by atomic mass is 9.78. The summed E-state index contributed by atoms with van der Waals surface area (Å²) in [4.78, 5) is 23.0. The van der Waals surface area contributed by atoms with Crippen LogP contribution in [0, 0.1) is 17.8 Å². The fourth-order valence-corrected chi connectivity index (χ4v) is 6.73. The van der Waals surface area contributed by atoms with Crippen LogP contribution < -0.4 is 9.80 Å². The molecule has 2 aliphatic heterocycles. The average Bonchev–Trinajstić information content (AvgIpc) is 3.67. The van der Waals surface area contributed by atoms with E-state index in [4.69, 9.17) is 11.6 Å². The first-order valence-electron chi connectivity index (χ1n) is 15.5. The summed E-state index contributed by atoms with van der Waals surface area (Å²) in [5, 5.41) is 0. The first kappa shape index (κ1) is 29.3. The molecule has 0 bridgehead atoms. The molecule has 1 aliphatic carbocycles. The maximum atomic E-state index is 4.89. The molecule has 0 radical (unpaired) electrons. The van der Waals surface area contributed by atoms with Crippen molar-refractivity contribution < 1.29 is 0 Å². The number of aliphatic imine (C=N–C) groups is 1. The van der Waals surface area contributed by atoms with Crippen molar-refractivity contribution in [1.82, 2.24) is 19.8 Å². The van der Waals surface area contributed by atoms with Gasteiger partial charge in [-0.15, -0.1) is 0 Å². The number of benzene rings is 1. The molecular weight excluding hydrogens is 506 g/mol. The summed E-state index contributed by atoms with van der Waals surface area (Å²) in [7, 11) is 8.55. The predicted molar refractivity (Wildman–Crippen MR) is 172 cm³/mol. The van der Waals surface area contributed by atoms with Crippen molar-refractivity contribution in [3.05, 3.63) is 72.6 Å². The standard InChI is InChI=1S/C34H49N7/c1-26(29-10-8-27(9-11-29)7-6-19-38(2)3)41(32-21-34(36-22-32)33-16-18-35-25-37-33)24-28-17-20-40(23-28)31-14-12-30(13-15-31)39(4)5/h12-16,18,21,25,27-29H,1,6-11,17,19-20,22-24H2,2-5H3. The highest BCUT2D eigenvalue weighted by Crippen LogP contribution is 2.38. The first-order valence-corrected chi connectivity index (χ1v) is 15.5. The van der Waals surface area contributed by atoms with Gasteiger partial charge in [0.15, 0.2) is 0 Å². The molecule has 7 nitrogen and oxygen atoms in total. The van der Waals surface area contributed by atoms with Gasteiger partial charge >= 0.3 is 0 Å². The normalized spacial score (nSPS) is 22.6. The molecule has 1 saturated heterocycles. The molecule has 2 aromatic rings. The van der Waals surface area contributed by atoms with E-state index in [0.717, 1.165) is 37.0 Å². The summed E-state index contributed by atoms with van der Waals surface area (Å²) in [5.41, 5.74) is 6.99. The summed E-state index contributed by atoms with van der Waals surface area (Å²) in [6.45, 7) is 9.84. The van der Waals surface area contributed by atoms with E-state index in [9.17, 15) is 0 Å². The molecule has 5 rings (SSSR count). The number of aromatic nitrogens is 2. The van der Waals surface area contributed by atoms with Gasteiger partial charge in [0.2, 0.25) is 0 Å². The Hall–Kier alpha value is -3.19. The van der Waals surface area contributed by atoms with E-state index < -0.39 is 0 Å². The predicted octanol–water partition coefficient (Wildman–Crippen LogP) is 5.72. The highest BCUT2D eigenvalue weighted by molar-refractivity contribution is 6.09. The number of allylic oxidation sites excluding steroid dienone is 2. The largest absolute Gasteiger partial charge is 0.378 e. The van der Waals surface area contributed by atoms with Crippen molar-refractivity contribution in [2.75, 3.05) is 70.7 Å². The van der Waals surface area contributed by atoms with Crippen molar-refractivity contribution in [2.24, 2.45) is 22.7 Å². The van der Waals surface area contributed by atoms with Gasteiger partial charge in [0.05, 0.1) is 18.0 Å². The average molecular weight is 556 g/mol. The van der Waals surface area contributed by atoms with E-state index in [2.05, 4.69) is 88.1 Å². The minimum absolute atomic E-state index is 0.556. The lowest BCUT2D eigenvalue weighted by molar-refractivity contribution is 0.233. The van der Waals surface area contributed by atoms with Crippen LogP contribution in [0.3, 0.4) is 0 Å². The smallest absolute Gasteiger partial charge is 0.116 e. The molecule has 1 aromatic heterocycles. The molecule has 7 heteroatoms. The Morgan fingerprint density at radius 3 is 2.44 bits per heavy atom. The van der Waals surface area contributed by atoms with Gasteiger partial charge in [-0.2, -0.15) is 0 Å². The summed E-state index contributed by atoms with van der Waals surface area (Å²) in [6, 6.07) is 10.9. The van der Waals surface area contributed by atoms with Gasteiger partial charge in [-0.1, -0.05) is 6.58 Å². The van der Waals surface area contributed by atoms with Gasteiger partial charge in [-0.25, -0.2) is 9.97 Å². The molecule has 3 aliphatic rings. The highest BCUT2D eigenvalue weighted by atomic mass is 15.2. The molecule has 1 unspecified atom stereocenters. The third-order valence-electron chi connectivity index (χ3n) is 9.25. The molecule has 3 heterocycles. The van der Waals surface area contributed by atoms with Crippen LogP contribution in [0.2, 0.25) is 0 Å². The van der Waals surface area contributed by atoms with Crippen LogP contribution in [-0.2, 0) is 0 Å². The maximum Gasteiger partial charge on any atom is 0.116 e. The van der Waals surface area contributed by atoms with Crippen LogP contribution in [0.4, 0.5) is 11.4 Å². The maximum absolute atomic E-state index is 4.89. The first-order chi connectivity index (χ1) is 19.9. The van der Waals surface area contributed by atoms with Crippen LogP contribution >= 0.6 is 0 Å². The summed E-state index contributed by atoms with van der Waals surface area (Å²) in [5.74, 6) is 2.01. The zero-order chi connectivity index (χ0) is 28.8. The van der Waals surface area contributed by atoms with Crippen molar-refractivity contribution in [2.45, 2.75) is 44.9 Å². The van der Waals surface area contributed by atoms with Crippen LogP contribution in [0.15, 0.2) is 71.9 Å². The van der Waals surface area contributed by atoms with Crippen LogP contribution in [0.5, 0.6) is 0 Å². The minimum atomic E-state index is 0.556. The molecule has 1 aromatic carbocycles. The SMILES string of the molecule is C=C(C1CCC(CCCN(C)C)CC1)N(CC1CCN(c2ccc(N(C)C)cc2)C1)C1=CC(c2ccncn2)=NC1. The molecule has 220 valence electrons. The Kier molecular flexibility index (Phi) is 9.76. The van der Waals surface area contributed by atoms with Crippen molar-refractivity contribution in [3.8, 4) is 0 Å². The Morgan fingerprint density at radius 2 is 1.76 bits per heavy atom. The number of nitrogens with zero attached hydrogens (tertiary/aromatic N) is 7. The summed E-state index contributed by atoms with van der Waals surface area (Å²) >= 11 is 0. The quantitative estimate of drug-likeness (QED) is 0.334. The second-order valence-electron chi connectivity index (χ2n) is 12.7. The lowest BCUT2D eigenvalue weighted by Gasteiger charge is -2.37. The highest BCUT2D eigenvalue weighted by Gasteiger charge is 2.31. The number of hydrogen-bond acceptors (Lipinski definition) is 7. The summed E-state index contributed by atoms with van der Waals surface area (Å²) in [6.07, 6.45) is 14.7. The Balaban J connectivity index is 1.25. The molecular formula is C34H49N7. The number of rotatable bonds is 12. The zero-order valence-electron chi connectivity index (χ0n) is 25.7. The van der Waals surface area contributed by atoms with E-state index in [1.807, 2.05) is 6.07 Å². The molecule has 41 heavy (non-hydrogen) atoms. The molecule has 1 atom stereocenters. The van der Waals surface area contributed by atoms with Crippen LogP contribution in [-0.4, -0.2) is 86.4 Å². The van der Waals surface area contributed by atoms with Gasteiger partial charge < -0.3 is 19.6 Å². The van der Waals surface area contributed by atoms with E-state index in [1.54, 1.807) is 12.5 Å². The topological polar surface area (TPSA) is 51.1 Å². The van der Waals surface area contributed by atoms with E-state index in [0.29, 0.717) is 18.4 Å². The molecule has 2 fully saturated rings. The van der Waals surface area contributed by atoms with E-state index in [-0.39, 0.29) is 0 Å². The van der Waals surface area contributed by atoms with E-state index >= 15 is 0 Å². The second kappa shape index (κ2) is 13.6. The number of anilines is 2. The van der Waals surface area contributed by atoms with Crippen molar-refractivity contribution in [1.29, 1.82) is 0 Å². The Bertz CT molecular complexity index is 1190. The fourth-order valence-electron chi connectivity index (χ4n) is 6.73. The van der Waals surface area contributed by atoms with Gasteiger partial charge in [-0.3, -0.25) is 4.99 Å². The third-order valence-corrected chi connectivity index (χ3v) is 9.25. The second-order valence-corrected chi connectivity index (χ2v) is 12.7. The Labute approximate surface area is 247 Å². The van der Waals surface area contributed by atoms with Crippen LogP contribution in [0.25, 0.3) is 0 Å². The lowest BCUT2D eigenvalue weighted by Crippen LogP contribution is -2.34. The van der Waals surface area contributed by atoms with Gasteiger partial charge in [0, 0.05) is 62.7 Å². The number of hydrogen-bond donors (Lipinski definition) is 0. The van der Waals surface area contributed by atoms with Gasteiger partial charge in [-0.05, 0) is 120 Å². The molecule has 1 saturated carbocycles. The zero-order valence-corrected chi connectivity index (χ0v) is 25.7. The molecule has 0 spiro atoms. The molecule has 0 N–H and O–H groups in total. The minimum Gasteiger partial charge on any atom is -0.378 e. The van der Waals surface area contributed by atoms with Gasteiger partial charge in [0.25, 0.3) is 0 Å².